The van der Waals surface area contributed by atoms with Crippen molar-refractivity contribution in [1.82, 2.24) is 9.88 Å². The van der Waals surface area contributed by atoms with Gasteiger partial charge in [-0.25, -0.2) is 4.98 Å². The Kier molecular flexibility index (Phi) is 8.26. The number of aromatic nitrogens is 1. The molecule has 29 heavy (non-hydrogen) atoms. The van der Waals surface area contributed by atoms with Crippen molar-refractivity contribution < 1.29 is 0 Å². The van der Waals surface area contributed by atoms with Gasteiger partial charge in [0.2, 0.25) is 0 Å². The molecule has 0 fully saturated rings. The van der Waals surface area contributed by atoms with Gasteiger partial charge in [0.1, 0.15) is 0 Å². The smallest absolute Gasteiger partial charge is 0.187 e. The SMILES string of the molecule is C/C=C(/CN(CCC)CC1C=CC=CC1)Nc1ncc(Cc2ccccc2C)s1. The second kappa shape index (κ2) is 11.1. The third kappa shape index (κ3) is 6.69. The molecule has 1 unspecified atom stereocenters. The lowest BCUT2D eigenvalue weighted by Gasteiger charge is -2.27. The first-order valence-corrected chi connectivity index (χ1v) is 11.5. The van der Waals surface area contributed by atoms with Gasteiger partial charge in [0.05, 0.1) is 0 Å². The highest BCUT2D eigenvalue weighted by Crippen LogP contribution is 2.24. The molecule has 1 heterocycles. The fourth-order valence-electron chi connectivity index (χ4n) is 3.67. The Morgan fingerprint density at radius 2 is 2.17 bits per heavy atom. The second-order valence-corrected chi connectivity index (χ2v) is 8.83. The topological polar surface area (TPSA) is 28.2 Å². The molecule has 0 radical (unpaired) electrons. The molecule has 3 rings (SSSR count). The Labute approximate surface area is 179 Å². The maximum absolute atomic E-state index is 4.63. The fraction of sp³-hybridized carbons (Fsp3) is 0.400. The van der Waals surface area contributed by atoms with Crippen molar-refractivity contribution in [3.8, 4) is 0 Å². The lowest BCUT2D eigenvalue weighted by Crippen LogP contribution is -2.33. The summed E-state index contributed by atoms with van der Waals surface area (Å²) in [6.45, 7) is 9.69. The molecule has 0 saturated heterocycles. The van der Waals surface area contributed by atoms with Crippen LogP contribution in [0.4, 0.5) is 5.13 Å². The van der Waals surface area contributed by atoms with Gasteiger partial charge in [-0.05, 0) is 50.3 Å². The summed E-state index contributed by atoms with van der Waals surface area (Å²) in [5.74, 6) is 0.616. The van der Waals surface area contributed by atoms with Gasteiger partial charge in [0.25, 0.3) is 0 Å². The van der Waals surface area contributed by atoms with Crippen molar-refractivity contribution in [3.63, 3.8) is 0 Å². The van der Waals surface area contributed by atoms with Crippen molar-refractivity contribution in [3.05, 3.63) is 82.5 Å². The van der Waals surface area contributed by atoms with Crippen molar-refractivity contribution >= 4 is 16.5 Å². The average Bonchev–Trinajstić information content (AvgIpc) is 3.17. The predicted molar refractivity (Wildman–Crippen MR) is 127 cm³/mol. The summed E-state index contributed by atoms with van der Waals surface area (Å²) in [5.41, 5.74) is 3.94. The van der Waals surface area contributed by atoms with Crippen LogP contribution in [0.15, 0.2) is 66.5 Å². The standard InChI is InChI=1S/C25H33N3S/c1-4-15-28(18-21-12-7-6-8-13-21)19-23(5-2)27-25-26-17-24(29-25)16-22-14-10-9-11-20(22)3/h5-12,14,17,21H,4,13,15-16,18-19H2,1-3H3,(H,26,27)/b23-5-. The fourth-order valence-corrected chi connectivity index (χ4v) is 4.54. The van der Waals surface area contributed by atoms with Gasteiger partial charge >= 0.3 is 0 Å². The Bertz CT molecular complexity index is 862. The van der Waals surface area contributed by atoms with Gasteiger partial charge in [-0.15, -0.1) is 11.3 Å². The lowest BCUT2D eigenvalue weighted by molar-refractivity contribution is 0.268. The van der Waals surface area contributed by atoms with E-state index in [0.717, 1.165) is 37.6 Å². The first-order chi connectivity index (χ1) is 14.2. The summed E-state index contributed by atoms with van der Waals surface area (Å²) < 4.78 is 0. The molecule has 4 heteroatoms. The normalized spacial score (nSPS) is 16.6. The molecule has 3 nitrogen and oxygen atoms in total. The Morgan fingerprint density at radius 1 is 1.31 bits per heavy atom. The number of benzene rings is 1. The summed E-state index contributed by atoms with van der Waals surface area (Å²) >= 11 is 1.75. The van der Waals surface area contributed by atoms with Gasteiger partial charge in [-0.2, -0.15) is 0 Å². The van der Waals surface area contributed by atoms with Gasteiger partial charge in [0.15, 0.2) is 5.13 Å². The first kappa shape index (κ1) is 21.5. The number of aryl methyl sites for hydroxylation is 1. The van der Waals surface area contributed by atoms with Crippen molar-refractivity contribution in [1.29, 1.82) is 0 Å². The van der Waals surface area contributed by atoms with E-state index < -0.39 is 0 Å². The number of nitrogens with zero attached hydrogens (tertiary/aromatic N) is 2. The number of hydrogen-bond acceptors (Lipinski definition) is 4. The zero-order valence-electron chi connectivity index (χ0n) is 17.9. The Morgan fingerprint density at radius 3 is 2.90 bits per heavy atom. The van der Waals surface area contributed by atoms with Crippen LogP contribution in [0.1, 0.15) is 42.7 Å². The molecular weight excluding hydrogens is 374 g/mol. The molecule has 1 atom stereocenters. The van der Waals surface area contributed by atoms with Crippen LogP contribution in [-0.4, -0.2) is 29.5 Å². The van der Waals surface area contributed by atoms with Crippen LogP contribution in [-0.2, 0) is 6.42 Å². The molecule has 154 valence electrons. The van der Waals surface area contributed by atoms with Crippen LogP contribution in [0, 0.1) is 12.8 Å². The van der Waals surface area contributed by atoms with Crippen molar-refractivity contribution in [2.75, 3.05) is 25.0 Å². The number of nitrogens with one attached hydrogen (secondary N) is 1. The highest BCUT2D eigenvalue weighted by atomic mass is 32.1. The second-order valence-electron chi connectivity index (χ2n) is 7.72. The van der Waals surface area contributed by atoms with Crippen LogP contribution < -0.4 is 5.32 Å². The molecule has 1 aliphatic rings. The van der Waals surface area contributed by atoms with E-state index in [1.54, 1.807) is 11.3 Å². The maximum atomic E-state index is 4.63. The van der Waals surface area contributed by atoms with Crippen LogP contribution in [0.25, 0.3) is 0 Å². The Hall–Kier alpha value is -2.17. The van der Waals surface area contributed by atoms with Gasteiger partial charge in [-0.1, -0.05) is 61.6 Å². The minimum Gasteiger partial charge on any atom is -0.334 e. The van der Waals surface area contributed by atoms with E-state index in [-0.39, 0.29) is 0 Å². The van der Waals surface area contributed by atoms with E-state index in [2.05, 4.69) is 90.6 Å². The molecule has 1 N–H and O–H groups in total. The molecule has 0 aliphatic heterocycles. The molecule has 0 amide bonds. The van der Waals surface area contributed by atoms with Gasteiger partial charge in [-0.3, -0.25) is 4.90 Å². The third-order valence-electron chi connectivity index (χ3n) is 5.29. The van der Waals surface area contributed by atoms with Gasteiger partial charge in [0, 0.05) is 36.3 Å². The molecule has 1 aromatic heterocycles. The number of allylic oxidation sites excluding steroid dienone is 4. The molecule has 1 aliphatic carbocycles. The average molecular weight is 408 g/mol. The van der Waals surface area contributed by atoms with Crippen LogP contribution >= 0.6 is 11.3 Å². The molecule has 2 aromatic rings. The number of anilines is 1. The van der Waals surface area contributed by atoms with Crippen molar-refractivity contribution in [2.24, 2.45) is 5.92 Å². The molecule has 0 bridgehead atoms. The summed E-state index contributed by atoms with van der Waals surface area (Å²) in [6, 6.07) is 8.59. The highest BCUT2D eigenvalue weighted by molar-refractivity contribution is 7.15. The summed E-state index contributed by atoms with van der Waals surface area (Å²) in [6.07, 6.45) is 16.4. The number of rotatable bonds is 10. The monoisotopic (exact) mass is 407 g/mol. The van der Waals surface area contributed by atoms with E-state index in [9.17, 15) is 0 Å². The summed E-state index contributed by atoms with van der Waals surface area (Å²) in [7, 11) is 0. The predicted octanol–water partition coefficient (Wildman–Crippen LogP) is 6.20. The molecular formula is C25H33N3S. The van der Waals surface area contributed by atoms with Crippen LogP contribution in [0.5, 0.6) is 0 Å². The molecule has 0 spiro atoms. The number of hydrogen-bond donors (Lipinski definition) is 1. The van der Waals surface area contributed by atoms with Gasteiger partial charge < -0.3 is 5.32 Å². The largest absolute Gasteiger partial charge is 0.334 e. The lowest BCUT2D eigenvalue weighted by atomic mass is 10.00. The number of thiazole rings is 1. The van der Waals surface area contributed by atoms with Crippen LogP contribution in [0.2, 0.25) is 0 Å². The quantitative estimate of drug-likeness (QED) is 0.508. The minimum atomic E-state index is 0.616. The molecule has 1 aromatic carbocycles. The van der Waals surface area contributed by atoms with E-state index in [1.165, 1.54) is 28.1 Å². The zero-order chi connectivity index (χ0) is 20.5. The summed E-state index contributed by atoms with van der Waals surface area (Å²) in [5, 5.41) is 4.56. The third-order valence-corrected chi connectivity index (χ3v) is 6.20. The highest BCUT2D eigenvalue weighted by Gasteiger charge is 2.14. The van der Waals surface area contributed by atoms with E-state index in [4.69, 9.17) is 0 Å². The van der Waals surface area contributed by atoms with E-state index in [1.807, 2.05) is 6.20 Å². The van der Waals surface area contributed by atoms with E-state index in [0.29, 0.717) is 5.92 Å². The van der Waals surface area contributed by atoms with Crippen molar-refractivity contribution in [2.45, 2.75) is 40.0 Å². The Balaban J connectivity index is 1.58. The zero-order valence-corrected chi connectivity index (χ0v) is 18.7. The minimum absolute atomic E-state index is 0.616. The maximum Gasteiger partial charge on any atom is 0.187 e. The summed E-state index contributed by atoms with van der Waals surface area (Å²) in [4.78, 5) is 8.47. The van der Waals surface area contributed by atoms with Crippen LogP contribution in [0.3, 0.4) is 0 Å². The van der Waals surface area contributed by atoms with E-state index >= 15 is 0 Å². The molecule has 0 saturated carbocycles. The first-order valence-electron chi connectivity index (χ1n) is 10.6.